The van der Waals surface area contributed by atoms with Gasteiger partial charge in [0.15, 0.2) is 0 Å². The summed E-state index contributed by atoms with van der Waals surface area (Å²) in [5.74, 6) is -0.0877. The average Bonchev–Trinajstić information content (AvgIpc) is 2.86. The molecular formula is C25H28ClN5O4. The van der Waals surface area contributed by atoms with E-state index >= 15 is 0 Å². The summed E-state index contributed by atoms with van der Waals surface area (Å²) >= 11 is 6.52. The van der Waals surface area contributed by atoms with Crippen molar-refractivity contribution in [3.05, 3.63) is 58.6 Å². The molecule has 35 heavy (non-hydrogen) atoms. The van der Waals surface area contributed by atoms with Crippen molar-refractivity contribution in [2.45, 2.75) is 26.1 Å². The van der Waals surface area contributed by atoms with Gasteiger partial charge < -0.3 is 26.2 Å². The minimum atomic E-state index is -0.650. The molecule has 184 valence electrons. The van der Waals surface area contributed by atoms with Gasteiger partial charge in [0.1, 0.15) is 11.9 Å². The smallest absolute Gasteiger partial charge is 0.411 e. The lowest BCUT2D eigenvalue weighted by Gasteiger charge is -2.38. The Morgan fingerprint density at radius 2 is 2.00 bits per heavy atom. The number of halogens is 1. The number of fused-ring (bicyclic) bond motifs is 1. The van der Waals surface area contributed by atoms with E-state index in [1.54, 1.807) is 47.4 Å². The maximum Gasteiger partial charge on any atom is 0.411 e. The molecule has 0 spiro atoms. The zero-order valence-electron chi connectivity index (χ0n) is 19.4. The number of nitrogens with zero attached hydrogens (tertiary/aromatic N) is 3. The number of hydrogen-bond acceptors (Lipinski definition) is 7. The fraction of sp³-hybridized carbons (Fsp3) is 0.320. The van der Waals surface area contributed by atoms with Crippen LogP contribution in [-0.4, -0.2) is 64.3 Å². The highest BCUT2D eigenvalue weighted by Gasteiger charge is 2.31. The summed E-state index contributed by atoms with van der Waals surface area (Å²) in [6, 6.07) is 12.0. The second-order valence-electron chi connectivity index (χ2n) is 8.40. The molecule has 1 aliphatic rings. The molecule has 1 aliphatic heterocycles. The molecule has 9 nitrogen and oxygen atoms in total. The second kappa shape index (κ2) is 10.5. The van der Waals surface area contributed by atoms with Crippen molar-refractivity contribution in [3.8, 4) is 17.0 Å². The van der Waals surface area contributed by atoms with Crippen LogP contribution >= 0.6 is 11.6 Å². The molecule has 0 saturated carbocycles. The van der Waals surface area contributed by atoms with Gasteiger partial charge in [0, 0.05) is 41.7 Å². The van der Waals surface area contributed by atoms with Gasteiger partial charge >= 0.3 is 6.09 Å². The summed E-state index contributed by atoms with van der Waals surface area (Å²) in [6.07, 6.45) is -0.388. The number of rotatable bonds is 5. The van der Waals surface area contributed by atoms with Gasteiger partial charge in [0.05, 0.1) is 29.4 Å². The standard InChI is InChI=1S/C25H28ClN5O4/c1-2-9-35-25(34)31-8-7-30(14-23(31)28)24(33)16-3-5-18-19(26)12-20(29-21(18)11-16)15-4-6-22(32)17(10-15)13-27/h3-6,10-12,23,32H,2,7-9,13-14,27-28H2,1H3/t23-/m0/s1. The number of phenols is 1. The Labute approximate surface area is 208 Å². The number of amides is 2. The summed E-state index contributed by atoms with van der Waals surface area (Å²) < 4.78 is 5.17. The van der Waals surface area contributed by atoms with Crippen LogP contribution in [0.3, 0.4) is 0 Å². The van der Waals surface area contributed by atoms with E-state index in [1.807, 2.05) is 6.92 Å². The largest absolute Gasteiger partial charge is 0.508 e. The summed E-state index contributed by atoms with van der Waals surface area (Å²) in [5.41, 5.74) is 14.8. The molecular weight excluding hydrogens is 470 g/mol. The van der Waals surface area contributed by atoms with Crippen LogP contribution in [0.15, 0.2) is 42.5 Å². The van der Waals surface area contributed by atoms with Crippen molar-refractivity contribution in [3.63, 3.8) is 0 Å². The fourth-order valence-electron chi connectivity index (χ4n) is 4.05. The lowest BCUT2D eigenvalue weighted by Crippen LogP contribution is -2.60. The lowest BCUT2D eigenvalue weighted by molar-refractivity contribution is 0.0390. The third-order valence-electron chi connectivity index (χ3n) is 5.97. The summed E-state index contributed by atoms with van der Waals surface area (Å²) in [7, 11) is 0. The number of hydrogen-bond donors (Lipinski definition) is 3. The van der Waals surface area contributed by atoms with E-state index in [-0.39, 0.29) is 24.7 Å². The highest BCUT2D eigenvalue weighted by atomic mass is 35.5. The number of carbonyl (C=O) groups excluding carboxylic acids is 2. The van der Waals surface area contributed by atoms with E-state index < -0.39 is 12.3 Å². The topological polar surface area (TPSA) is 135 Å². The molecule has 1 saturated heterocycles. The van der Waals surface area contributed by atoms with E-state index in [2.05, 4.69) is 0 Å². The van der Waals surface area contributed by atoms with Crippen LogP contribution in [0.5, 0.6) is 5.75 Å². The van der Waals surface area contributed by atoms with Gasteiger partial charge in [0.2, 0.25) is 0 Å². The van der Waals surface area contributed by atoms with Gasteiger partial charge in [-0.05, 0) is 42.8 Å². The lowest BCUT2D eigenvalue weighted by atomic mass is 10.0. The van der Waals surface area contributed by atoms with E-state index in [4.69, 9.17) is 32.8 Å². The quantitative estimate of drug-likeness (QED) is 0.492. The maximum absolute atomic E-state index is 13.2. The average molecular weight is 498 g/mol. The zero-order valence-corrected chi connectivity index (χ0v) is 20.2. The summed E-state index contributed by atoms with van der Waals surface area (Å²) in [4.78, 5) is 33.2. The first-order chi connectivity index (χ1) is 16.8. The fourth-order valence-corrected chi connectivity index (χ4v) is 4.31. The Morgan fingerprint density at radius 3 is 2.71 bits per heavy atom. The minimum absolute atomic E-state index is 0.118. The van der Waals surface area contributed by atoms with Gasteiger partial charge in [0.25, 0.3) is 5.91 Å². The second-order valence-corrected chi connectivity index (χ2v) is 8.80. The number of phenolic OH excluding ortho intramolecular Hbond substituents is 1. The predicted octanol–water partition coefficient (Wildman–Crippen LogP) is 3.31. The normalized spacial score (nSPS) is 15.9. The number of carbonyl (C=O) groups is 2. The van der Waals surface area contributed by atoms with Crippen LogP contribution in [-0.2, 0) is 11.3 Å². The molecule has 1 fully saturated rings. The predicted molar refractivity (Wildman–Crippen MR) is 134 cm³/mol. The number of benzene rings is 2. The van der Waals surface area contributed by atoms with E-state index in [9.17, 15) is 14.7 Å². The zero-order chi connectivity index (χ0) is 25.1. The third-order valence-corrected chi connectivity index (χ3v) is 6.28. The first kappa shape index (κ1) is 24.7. The third kappa shape index (κ3) is 5.17. The highest BCUT2D eigenvalue weighted by molar-refractivity contribution is 6.35. The number of pyridine rings is 1. The number of ether oxygens (including phenoxy) is 1. The Bertz CT molecular complexity index is 1270. The molecule has 3 aromatic rings. The molecule has 0 aliphatic carbocycles. The van der Waals surface area contributed by atoms with Crippen LogP contribution in [0.4, 0.5) is 4.79 Å². The van der Waals surface area contributed by atoms with Crippen molar-refractivity contribution in [1.29, 1.82) is 0 Å². The molecule has 0 radical (unpaired) electrons. The molecule has 0 unspecified atom stereocenters. The Morgan fingerprint density at radius 1 is 1.20 bits per heavy atom. The number of aromatic nitrogens is 1. The van der Waals surface area contributed by atoms with Gasteiger partial charge in [-0.1, -0.05) is 24.6 Å². The van der Waals surface area contributed by atoms with Gasteiger partial charge in [-0.15, -0.1) is 0 Å². The Balaban J connectivity index is 1.57. The molecule has 10 heteroatoms. The van der Waals surface area contributed by atoms with Crippen molar-refractivity contribution in [2.75, 3.05) is 26.2 Å². The summed E-state index contributed by atoms with van der Waals surface area (Å²) in [5, 5.41) is 11.1. The van der Waals surface area contributed by atoms with Crippen molar-refractivity contribution < 1.29 is 19.4 Å². The molecule has 1 aromatic heterocycles. The molecule has 4 rings (SSSR count). The van der Waals surface area contributed by atoms with Crippen LogP contribution in [0, 0.1) is 0 Å². The number of nitrogens with two attached hydrogens (primary N) is 2. The Hall–Kier alpha value is -3.40. The Kier molecular flexibility index (Phi) is 7.39. The van der Waals surface area contributed by atoms with Crippen LogP contribution in [0.2, 0.25) is 5.02 Å². The van der Waals surface area contributed by atoms with Crippen LogP contribution in [0.25, 0.3) is 22.2 Å². The first-order valence-corrected chi connectivity index (χ1v) is 11.8. The minimum Gasteiger partial charge on any atom is -0.508 e. The molecule has 1 atom stereocenters. The molecule has 2 heterocycles. The van der Waals surface area contributed by atoms with Gasteiger partial charge in [-0.3, -0.25) is 9.69 Å². The van der Waals surface area contributed by atoms with Crippen molar-refractivity contribution in [2.24, 2.45) is 11.5 Å². The summed E-state index contributed by atoms with van der Waals surface area (Å²) in [6.45, 7) is 3.27. The van der Waals surface area contributed by atoms with E-state index in [1.165, 1.54) is 4.90 Å². The SMILES string of the molecule is CCCOC(=O)N1CCN(C(=O)c2ccc3c(Cl)cc(-c4ccc(O)c(CN)c4)nc3c2)C[C@H]1N. The maximum atomic E-state index is 13.2. The van der Waals surface area contributed by atoms with Crippen molar-refractivity contribution >= 4 is 34.5 Å². The molecule has 2 aromatic carbocycles. The van der Waals surface area contributed by atoms with E-state index in [0.29, 0.717) is 52.4 Å². The number of aromatic hydroxyl groups is 1. The van der Waals surface area contributed by atoms with Crippen LogP contribution < -0.4 is 11.5 Å². The molecule has 5 N–H and O–H groups in total. The molecule has 0 bridgehead atoms. The highest BCUT2D eigenvalue weighted by Crippen LogP contribution is 2.31. The van der Waals surface area contributed by atoms with Crippen molar-refractivity contribution in [1.82, 2.24) is 14.8 Å². The number of piperazine rings is 1. The van der Waals surface area contributed by atoms with Gasteiger partial charge in [-0.25, -0.2) is 9.78 Å². The molecule has 2 amide bonds. The van der Waals surface area contributed by atoms with E-state index in [0.717, 1.165) is 12.0 Å². The monoisotopic (exact) mass is 497 g/mol. The van der Waals surface area contributed by atoms with Crippen LogP contribution in [0.1, 0.15) is 29.3 Å². The van der Waals surface area contributed by atoms with Gasteiger partial charge in [-0.2, -0.15) is 0 Å². The first-order valence-electron chi connectivity index (χ1n) is 11.4.